The van der Waals surface area contributed by atoms with Crippen molar-refractivity contribution < 1.29 is 62.7 Å². The fourth-order valence-corrected chi connectivity index (χ4v) is 4.52. The molecule has 0 bridgehead atoms. The van der Waals surface area contributed by atoms with Crippen LogP contribution in [0, 0.1) is 10.8 Å². The molecule has 0 aromatic carbocycles. The Hall–Kier alpha value is -3.70. The van der Waals surface area contributed by atoms with Crippen molar-refractivity contribution in [3.63, 3.8) is 0 Å². The Labute approximate surface area is 258 Å². The highest BCUT2D eigenvalue weighted by molar-refractivity contribution is 7.53. The van der Waals surface area contributed by atoms with Gasteiger partial charge in [0.15, 0.2) is 11.8 Å². The van der Waals surface area contributed by atoms with Crippen LogP contribution in [0.5, 0.6) is 0 Å². The van der Waals surface area contributed by atoms with E-state index in [1.54, 1.807) is 31.7 Å². The highest BCUT2D eigenvalue weighted by Crippen LogP contribution is 2.52. The molecule has 45 heavy (non-hydrogen) atoms. The SMILES string of the molecule is CC(C)(C)C(=O)OCOP(=O)(COC1(Cn2cnc3cnc(N)nc32)CC1)OCCC(C)(C)C(=O)O.O=C(O)CC(O)C(=O)O. The second kappa shape index (κ2) is 15.1. The van der Waals surface area contributed by atoms with E-state index in [0.717, 1.165) is 0 Å². The number of hydrogen-bond donors (Lipinski definition) is 5. The number of ether oxygens (including phenoxy) is 2. The molecule has 18 nitrogen and oxygen atoms in total. The van der Waals surface area contributed by atoms with Crippen LogP contribution in [-0.4, -0.2) is 95.3 Å². The zero-order valence-electron chi connectivity index (χ0n) is 25.7. The minimum Gasteiger partial charge on any atom is -0.481 e. The van der Waals surface area contributed by atoms with Gasteiger partial charge in [0.25, 0.3) is 0 Å². The fourth-order valence-electron chi connectivity index (χ4n) is 3.29. The van der Waals surface area contributed by atoms with E-state index < -0.39 is 73.6 Å². The van der Waals surface area contributed by atoms with Crippen molar-refractivity contribution in [2.45, 2.75) is 78.6 Å². The smallest absolute Gasteiger partial charge is 0.359 e. The number of aliphatic hydroxyl groups is 1. The quantitative estimate of drug-likeness (QED) is 0.0978. The van der Waals surface area contributed by atoms with Gasteiger partial charge in [0, 0.05) is 0 Å². The van der Waals surface area contributed by atoms with E-state index in [4.69, 9.17) is 39.6 Å². The lowest BCUT2D eigenvalue weighted by Gasteiger charge is -2.25. The summed E-state index contributed by atoms with van der Waals surface area (Å²) in [5.74, 6) is -4.27. The van der Waals surface area contributed by atoms with Crippen molar-refractivity contribution in [2.75, 3.05) is 25.5 Å². The fraction of sp³-hybridized carbons (Fsp3) is 0.654. The number of esters is 1. The minimum absolute atomic E-state index is 0.0881. The Morgan fingerprint density at radius 2 is 1.73 bits per heavy atom. The Balaban J connectivity index is 0.000000681. The molecule has 1 fully saturated rings. The number of aliphatic carboxylic acids is 3. The van der Waals surface area contributed by atoms with E-state index in [9.17, 15) is 28.8 Å². The molecule has 2 unspecified atom stereocenters. The van der Waals surface area contributed by atoms with Crippen LogP contribution in [0.15, 0.2) is 12.5 Å². The van der Waals surface area contributed by atoms with Crippen LogP contribution in [0.25, 0.3) is 11.2 Å². The van der Waals surface area contributed by atoms with E-state index in [0.29, 0.717) is 30.6 Å². The Morgan fingerprint density at radius 3 is 2.24 bits per heavy atom. The predicted octanol–water partition coefficient (Wildman–Crippen LogP) is 2.10. The molecule has 252 valence electrons. The van der Waals surface area contributed by atoms with Gasteiger partial charge in [-0.25, -0.2) is 14.8 Å². The second-order valence-electron chi connectivity index (χ2n) is 12.0. The average molecular weight is 662 g/mol. The zero-order chi connectivity index (χ0) is 34.2. The van der Waals surface area contributed by atoms with Gasteiger partial charge in [-0.2, -0.15) is 4.98 Å². The number of nitrogens with zero attached hydrogens (tertiary/aromatic N) is 4. The molecule has 1 saturated carbocycles. The number of carbonyl (C=O) groups is 4. The standard InChI is InChI=1S/C22H34N5O8P.C4H6O5/c1-20(2,3)18(30)32-13-35-36(31,34-9-8-21(4,5)17(28)29)14-33-22(6-7-22)11-27-12-25-15-10-24-19(23)26-16(15)27;5-2(4(8)9)1-3(6)7/h10,12H,6-9,11,13-14H2,1-5H3,(H,28,29)(H2,23,24,26);2,5H,1H2,(H,6,7)(H,8,9). The van der Waals surface area contributed by atoms with Crippen molar-refractivity contribution in [1.82, 2.24) is 19.5 Å². The lowest BCUT2D eigenvalue weighted by molar-refractivity contribution is -0.160. The molecule has 2 heterocycles. The maximum atomic E-state index is 13.5. The van der Waals surface area contributed by atoms with E-state index in [1.165, 1.54) is 20.0 Å². The van der Waals surface area contributed by atoms with Gasteiger partial charge in [-0.05, 0) is 53.9 Å². The van der Waals surface area contributed by atoms with Gasteiger partial charge in [0.1, 0.15) is 11.9 Å². The monoisotopic (exact) mass is 661 g/mol. The van der Waals surface area contributed by atoms with Crippen LogP contribution in [-0.2, 0) is 48.8 Å². The number of rotatable bonds is 16. The molecule has 0 aliphatic heterocycles. The van der Waals surface area contributed by atoms with E-state index in [1.807, 2.05) is 0 Å². The number of fused-ring (bicyclic) bond motifs is 1. The first-order chi connectivity index (χ1) is 20.7. The summed E-state index contributed by atoms with van der Waals surface area (Å²) in [5.41, 5.74) is 4.34. The molecule has 0 saturated heterocycles. The van der Waals surface area contributed by atoms with Crippen LogP contribution in [0.2, 0.25) is 0 Å². The number of imidazole rings is 1. The van der Waals surface area contributed by atoms with Crippen molar-refractivity contribution in [2.24, 2.45) is 10.8 Å². The van der Waals surface area contributed by atoms with Crippen molar-refractivity contribution in [1.29, 1.82) is 0 Å². The molecule has 19 heteroatoms. The first-order valence-electron chi connectivity index (χ1n) is 13.7. The highest BCUT2D eigenvalue weighted by Gasteiger charge is 2.47. The number of anilines is 1. The average Bonchev–Trinajstić information content (AvgIpc) is 3.58. The molecular weight excluding hydrogens is 621 g/mol. The summed E-state index contributed by atoms with van der Waals surface area (Å²) in [6.45, 7) is 7.75. The molecule has 2 aromatic heterocycles. The number of nitrogen functional groups attached to an aromatic ring is 1. The lowest BCUT2D eigenvalue weighted by atomic mass is 9.90. The van der Waals surface area contributed by atoms with Crippen molar-refractivity contribution >= 4 is 48.6 Å². The van der Waals surface area contributed by atoms with Crippen LogP contribution in [0.3, 0.4) is 0 Å². The third-order valence-corrected chi connectivity index (χ3v) is 7.99. The second-order valence-corrected chi connectivity index (χ2v) is 14.0. The summed E-state index contributed by atoms with van der Waals surface area (Å²) in [4.78, 5) is 55.3. The number of carboxylic acids is 3. The van der Waals surface area contributed by atoms with Gasteiger partial charge in [0.2, 0.25) is 12.7 Å². The molecule has 1 aliphatic rings. The number of aliphatic hydroxyl groups excluding tert-OH is 1. The zero-order valence-corrected chi connectivity index (χ0v) is 26.6. The molecule has 0 spiro atoms. The van der Waals surface area contributed by atoms with Crippen molar-refractivity contribution in [3.05, 3.63) is 12.5 Å². The molecule has 2 aromatic rings. The maximum Gasteiger partial charge on any atom is 0.359 e. The molecule has 2 atom stereocenters. The van der Waals surface area contributed by atoms with Gasteiger partial charge in [-0.15, -0.1) is 0 Å². The highest BCUT2D eigenvalue weighted by atomic mass is 31.2. The normalized spacial score (nSPS) is 16.1. The van der Waals surface area contributed by atoms with Gasteiger partial charge in [-0.1, -0.05) is 0 Å². The van der Waals surface area contributed by atoms with Gasteiger partial charge < -0.3 is 44.7 Å². The van der Waals surface area contributed by atoms with Crippen LogP contribution >= 0.6 is 7.60 Å². The predicted molar refractivity (Wildman–Crippen MR) is 155 cm³/mol. The molecule has 0 radical (unpaired) electrons. The van der Waals surface area contributed by atoms with Crippen molar-refractivity contribution in [3.8, 4) is 0 Å². The third-order valence-electron chi connectivity index (χ3n) is 6.47. The third kappa shape index (κ3) is 12.0. The summed E-state index contributed by atoms with van der Waals surface area (Å²) in [6.07, 6.45) is 1.66. The molecule has 3 rings (SSSR count). The number of aromatic nitrogens is 4. The molecule has 1 aliphatic carbocycles. The van der Waals surface area contributed by atoms with Crippen LogP contribution in [0.1, 0.15) is 60.3 Å². The summed E-state index contributed by atoms with van der Waals surface area (Å²) in [5, 5.41) is 33.5. The van der Waals surface area contributed by atoms with Gasteiger partial charge in [0.05, 0.1) is 48.5 Å². The lowest BCUT2D eigenvalue weighted by Crippen LogP contribution is -2.26. The van der Waals surface area contributed by atoms with E-state index in [-0.39, 0.29) is 19.0 Å². The minimum atomic E-state index is -3.91. The Bertz CT molecular complexity index is 1420. The molecule has 6 N–H and O–H groups in total. The first-order valence-corrected chi connectivity index (χ1v) is 15.4. The maximum absolute atomic E-state index is 13.5. The number of nitrogens with two attached hydrogens (primary N) is 1. The number of carboxylic acid groups (broad SMARTS) is 3. The van der Waals surface area contributed by atoms with Gasteiger partial charge >= 0.3 is 31.5 Å². The van der Waals surface area contributed by atoms with Crippen LogP contribution in [0.4, 0.5) is 5.95 Å². The Morgan fingerprint density at radius 1 is 1.09 bits per heavy atom. The summed E-state index contributed by atoms with van der Waals surface area (Å²) in [7, 11) is -3.91. The summed E-state index contributed by atoms with van der Waals surface area (Å²) >= 11 is 0. The Kier molecular flexibility index (Phi) is 12.5. The topological polar surface area (TPSA) is 273 Å². The van der Waals surface area contributed by atoms with E-state index in [2.05, 4.69) is 15.0 Å². The summed E-state index contributed by atoms with van der Waals surface area (Å²) < 4.78 is 37.3. The van der Waals surface area contributed by atoms with Gasteiger partial charge in [-0.3, -0.25) is 23.5 Å². The molecule has 0 amide bonds. The number of hydrogen-bond acceptors (Lipinski definition) is 14. The van der Waals surface area contributed by atoms with Crippen LogP contribution < -0.4 is 5.73 Å². The summed E-state index contributed by atoms with van der Waals surface area (Å²) in [6, 6.07) is 0. The number of carbonyl (C=O) groups excluding carboxylic acids is 1. The molecular formula is C26H40N5O13P. The largest absolute Gasteiger partial charge is 0.481 e. The first kappa shape index (κ1) is 37.5. The van der Waals surface area contributed by atoms with E-state index >= 15 is 0 Å².